The van der Waals surface area contributed by atoms with Gasteiger partial charge in [-0.15, -0.1) is 0 Å². The molecule has 100 valence electrons. The molecule has 0 radical (unpaired) electrons. The number of aryl methyl sites for hydroxylation is 1. The summed E-state index contributed by atoms with van der Waals surface area (Å²) in [5.41, 5.74) is 0.624. The van der Waals surface area contributed by atoms with Crippen molar-refractivity contribution in [2.45, 2.75) is 32.7 Å². The van der Waals surface area contributed by atoms with Crippen molar-refractivity contribution < 1.29 is 14.7 Å². The van der Waals surface area contributed by atoms with Gasteiger partial charge < -0.3 is 14.6 Å². The molecule has 5 heteroatoms. The molecule has 0 saturated carbocycles. The fourth-order valence-corrected chi connectivity index (χ4v) is 1.83. The van der Waals surface area contributed by atoms with Crippen molar-refractivity contribution in [3.05, 3.63) is 24.0 Å². The van der Waals surface area contributed by atoms with Crippen LogP contribution in [0.1, 0.15) is 37.2 Å². The molecule has 1 N–H and O–H groups in total. The Labute approximate surface area is 107 Å². The van der Waals surface area contributed by atoms with Crippen molar-refractivity contribution in [2.75, 3.05) is 6.54 Å². The molecule has 1 rings (SSSR count). The van der Waals surface area contributed by atoms with Crippen LogP contribution in [0.15, 0.2) is 18.3 Å². The highest BCUT2D eigenvalue weighted by Crippen LogP contribution is 2.10. The third-order valence-corrected chi connectivity index (χ3v) is 2.84. The zero-order chi connectivity index (χ0) is 13.7. The first-order chi connectivity index (χ1) is 8.43. The van der Waals surface area contributed by atoms with Crippen LogP contribution in [0.25, 0.3) is 0 Å². The van der Waals surface area contributed by atoms with E-state index in [9.17, 15) is 9.59 Å². The molecular weight excluding hydrogens is 232 g/mol. The van der Waals surface area contributed by atoms with Gasteiger partial charge in [-0.3, -0.25) is 9.59 Å². The van der Waals surface area contributed by atoms with Crippen LogP contribution in [0.4, 0.5) is 0 Å². The molecule has 0 fully saturated rings. The monoisotopic (exact) mass is 252 g/mol. The summed E-state index contributed by atoms with van der Waals surface area (Å²) in [7, 11) is 1.82. The minimum absolute atomic E-state index is 0.0529. The second-order valence-corrected chi connectivity index (χ2v) is 4.59. The first kappa shape index (κ1) is 14.3. The molecule has 0 spiro atoms. The van der Waals surface area contributed by atoms with Crippen molar-refractivity contribution in [3.8, 4) is 0 Å². The van der Waals surface area contributed by atoms with Crippen LogP contribution in [0.3, 0.4) is 0 Å². The molecular formula is C13H20N2O3. The number of hydrogen-bond donors (Lipinski definition) is 1. The predicted octanol–water partition coefficient (Wildman–Crippen LogP) is 1.74. The quantitative estimate of drug-likeness (QED) is 0.838. The van der Waals surface area contributed by atoms with Gasteiger partial charge >= 0.3 is 5.97 Å². The summed E-state index contributed by atoms with van der Waals surface area (Å²) >= 11 is 0. The second kappa shape index (κ2) is 6.23. The summed E-state index contributed by atoms with van der Waals surface area (Å²) < 4.78 is 1.77. The average Bonchev–Trinajstić information content (AvgIpc) is 2.69. The molecule has 1 heterocycles. The summed E-state index contributed by atoms with van der Waals surface area (Å²) in [5, 5.41) is 8.62. The number of amides is 1. The SMILES string of the molecule is CC(C)N(CCCC(=O)O)C(=O)c1cccn1C. The van der Waals surface area contributed by atoms with E-state index in [2.05, 4.69) is 0 Å². The van der Waals surface area contributed by atoms with Crippen LogP contribution >= 0.6 is 0 Å². The van der Waals surface area contributed by atoms with Crippen LogP contribution in [0.5, 0.6) is 0 Å². The first-order valence-corrected chi connectivity index (χ1v) is 6.07. The van der Waals surface area contributed by atoms with Crippen molar-refractivity contribution in [1.82, 2.24) is 9.47 Å². The third-order valence-electron chi connectivity index (χ3n) is 2.84. The zero-order valence-electron chi connectivity index (χ0n) is 11.1. The molecule has 1 amide bonds. The van der Waals surface area contributed by atoms with Crippen molar-refractivity contribution in [2.24, 2.45) is 7.05 Å². The topological polar surface area (TPSA) is 62.5 Å². The Bertz CT molecular complexity index is 424. The van der Waals surface area contributed by atoms with Crippen molar-refractivity contribution >= 4 is 11.9 Å². The summed E-state index contributed by atoms with van der Waals surface area (Å²) in [6.45, 7) is 4.33. The van der Waals surface area contributed by atoms with E-state index in [1.54, 1.807) is 15.5 Å². The highest BCUT2D eigenvalue weighted by Gasteiger charge is 2.20. The Balaban J connectivity index is 2.70. The predicted molar refractivity (Wildman–Crippen MR) is 68.5 cm³/mol. The lowest BCUT2D eigenvalue weighted by atomic mass is 10.2. The lowest BCUT2D eigenvalue weighted by molar-refractivity contribution is -0.137. The normalized spacial score (nSPS) is 10.7. The number of nitrogens with zero attached hydrogens (tertiary/aromatic N) is 2. The molecule has 1 aromatic rings. The van der Waals surface area contributed by atoms with E-state index in [0.717, 1.165) is 0 Å². The van der Waals surface area contributed by atoms with Gasteiger partial charge in [0.2, 0.25) is 0 Å². The number of carboxylic acid groups (broad SMARTS) is 1. The van der Waals surface area contributed by atoms with Gasteiger partial charge in [-0.1, -0.05) is 0 Å². The van der Waals surface area contributed by atoms with Gasteiger partial charge in [-0.25, -0.2) is 0 Å². The Morgan fingerprint density at radius 1 is 1.44 bits per heavy atom. The lowest BCUT2D eigenvalue weighted by Gasteiger charge is -2.26. The smallest absolute Gasteiger partial charge is 0.303 e. The Hall–Kier alpha value is -1.78. The van der Waals surface area contributed by atoms with Gasteiger partial charge in [0.25, 0.3) is 5.91 Å². The molecule has 5 nitrogen and oxygen atoms in total. The highest BCUT2D eigenvalue weighted by molar-refractivity contribution is 5.93. The molecule has 0 aliphatic heterocycles. The molecule has 18 heavy (non-hydrogen) atoms. The molecule has 0 saturated heterocycles. The van der Waals surface area contributed by atoms with E-state index in [4.69, 9.17) is 5.11 Å². The minimum Gasteiger partial charge on any atom is -0.481 e. The molecule has 0 atom stereocenters. The first-order valence-electron chi connectivity index (χ1n) is 6.07. The summed E-state index contributed by atoms with van der Waals surface area (Å²) in [6, 6.07) is 3.65. The van der Waals surface area contributed by atoms with Gasteiger partial charge in [0.05, 0.1) is 0 Å². The Morgan fingerprint density at radius 3 is 2.56 bits per heavy atom. The maximum absolute atomic E-state index is 12.3. The third kappa shape index (κ3) is 3.61. The van der Waals surface area contributed by atoms with E-state index in [0.29, 0.717) is 18.7 Å². The van der Waals surface area contributed by atoms with Gasteiger partial charge in [-0.05, 0) is 32.4 Å². The maximum atomic E-state index is 12.3. The molecule has 0 aliphatic carbocycles. The molecule has 0 bridgehead atoms. The summed E-state index contributed by atoms with van der Waals surface area (Å²) in [5.74, 6) is -0.882. The largest absolute Gasteiger partial charge is 0.481 e. The van der Waals surface area contributed by atoms with Crippen molar-refractivity contribution in [3.63, 3.8) is 0 Å². The van der Waals surface area contributed by atoms with Crippen LogP contribution in [0, 0.1) is 0 Å². The Kier molecular flexibility index (Phi) is 4.95. The van der Waals surface area contributed by atoms with Gasteiger partial charge in [0, 0.05) is 32.3 Å². The minimum atomic E-state index is -0.829. The Morgan fingerprint density at radius 2 is 2.11 bits per heavy atom. The van der Waals surface area contributed by atoms with Crippen LogP contribution < -0.4 is 0 Å². The number of rotatable bonds is 6. The van der Waals surface area contributed by atoms with Gasteiger partial charge in [0.15, 0.2) is 0 Å². The van der Waals surface area contributed by atoms with E-state index < -0.39 is 5.97 Å². The number of aliphatic carboxylic acids is 1. The van der Waals surface area contributed by atoms with Crippen LogP contribution in [-0.4, -0.2) is 39.0 Å². The number of carbonyl (C=O) groups excluding carboxylic acids is 1. The number of carbonyl (C=O) groups is 2. The summed E-state index contributed by atoms with van der Waals surface area (Å²) in [6.07, 6.45) is 2.39. The maximum Gasteiger partial charge on any atom is 0.303 e. The van der Waals surface area contributed by atoms with Gasteiger partial charge in [-0.2, -0.15) is 0 Å². The highest BCUT2D eigenvalue weighted by atomic mass is 16.4. The van der Waals surface area contributed by atoms with Gasteiger partial charge in [0.1, 0.15) is 5.69 Å². The number of aromatic nitrogens is 1. The average molecular weight is 252 g/mol. The fraction of sp³-hybridized carbons (Fsp3) is 0.538. The van der Waals surface area contributed by atoms with E-state index in [1.807, 2.05) is 33.2 Å². The van der Waals surface area contributed by atoms with E-state index in [1.165, 1.54) is 0 Å². The summed E-state index contributed by atoms with van der Waals surface area (Å²) in [4.78, 5) is 24.5. The molecule has 1 aromatic heterocycles. The van der Waals surface area contributed by atoms with Crippen LogP contribution in [-0.2, 0) is 11.8 Å². The standard InChI is InChI=1S/C13H20N2O3/c1-10(2)15(9-5-7-12(16)17)13(18)11-6-4-8-14(11)3/h4,6,8,10H,5,7,9H2,1-3H3,(H,16,17). The van der Waals surface area contributed by atoms with Crippen molar-refractivity contribution in [1.29, 1.82) is 0 Å². The number of carboxylic acids is 1. The van der Waals surface area contributed by atoms with Crippen LogP contribution in [0.2, 0.25) is 0 Å². The molecule has 0 aliphatic rings. The van der Waals surface area contributed by atoms with E-state index >= 15 is 0 Å². The number of hydrogen-bond acceptors (Lipinski definition) is 2. The van der Waals surface area contributed by atoms with E-state index in [-0.39, 0.29) is 18.4 Å². The molecule has 0 aromatic carbocycles. The molecule has 0 unspecified atom stereocenters. The fourth-order valence-electron chi connectivity index (χ4n) is 1.83. The second-order valence-electron chi connectivity index (χ2n) is 4.59. The zero-order valence-corrected chi connectivity index (χ0v) is 11.1. The lowest BCUT2D eigenvalue weighted by Crippen LogP contribution is -2.38.